The molecule has 0 spiro atoms. The smallest absolute Gasteiger partial charge is 0.153 e. The van der Waals surface area contributed by atoms with Gasteiger partial charge >= 0.3 is 0 Å². The van der Waals surface area contributed by atoms with Gasteiger partial charge in [-0.1, -0.05) is 30.3 Å². The summed E-state index contributed by atoms with van der Waals surface area (Å²) in [5, 5.41) is 12.1. The largest absolute Gasteiger partial charge is 0.308 e. The van der Waals surface area contributed by atoms with Gasteiger partial charge in [0.1, 0.15) is 0 Å². The van der Waals surface area contributed by atoms with Crippen molar-refractivity contribution in [3.05, 3.63) is 96.2 Å². The molecule has 6 heteroatoms. The molecule has 0 aliphatic carbocycles. The topological polar surface area (TPSA) is 60.6 Å². The van der Waals surface area contributed by atoms with E-state index in [0.29, 0.717) is 0 Å². The lowest BCUT2D eigenvalue weighted by atomic mass is 10.2. The highest BCUT2D eigenvalue weighted by Crippen LogP contribution is 2.07. The van der Waals surface area contributed by atoms with Crippen LogP contribution in [0.15, 0.2) is 79.5 Å². The summed E-state index contributed by atoms with van der Waals surface area (Å²) in [5.74, 6) is 0.824. The Balaban J connectivity index is 1.32. The number of aromatic nitrogens is 5. The molecular weight excluding hydrogens is 324 g/mol. The predicted molar refractivity (Wildman–Crippen MR) is 99.7 cm³/mol. The maximum absolute atomic E-state index is 4.44. The van der Waals surface area contributed by atoms with Crippen molar-refractivity contribution in [2.24, 2.45) is 0 Å². The molecule has 1 N–H and O–H groups in total. The van der Waals surface area contributed by atoms with Crippen molar-refractivity contribution in [1.29, 1.82) is 0 Å². The highest BCUT2D eigenvalue weighted by atomic mass is 15.3. The zero-order valence-electron chi connectivity index (χ0n) is 14.4. The molecule has 1 aromatic carbocycles. The summed E-state index contributed by atoms with van der Waals surface area (Å²) in [7, 11) is 0. The second-order valence-electron chi connectivity index (χ2n) is 6.11. The minimum atomic E-state index is 0.765. The summed E-state index contributed by atoms with van der Waals surface area (Å²) in [6.45, 7) is 2.33. The van der Waals surface area contributed by atoms with E-state index >= 15 is 0 Å². The van der Waals surface area contributed by atoms with Crippen LogP contribution in [0.25, 0.3) is 5.82 Å². The first-order valence-corrected chi connectivity index (χ1v) is 8.58. The number of hydrogen-bond acceptors (Lipinski definition) is 4. The van der Waals surface area contributed by atoms with Gasteiger partial charge in [0.05, 0.1) is 12.7 Å². The standard InChI is InChI=1S/C20H20N6/c1-2-5-17(6-3-1)15-25-16-19(14-24-25)13-21-12-18-7-9-22-20(11-18)26-10-4-8-23-26/h1-11,14,16,21H,12-13,15H2. The van der Waals surface area contributed by atoms with E-state index in [9.17, 15) is 0 Å². The van der Waals surface area contributed by atoms with Crippen molar-refractivity contribution in [2.45, 2.75) is 19.6 Å². The average Bonchev–Trinajstić information content (AvgIpc) is 3.35. The minimum absolute atomic E-state index is 0.765. The average molecular weight is 344 g/mol. The van der Waals surface area contributed by atoms with Crippen LogP contribution in [0.4, 0.5) is 0 Å². The van der Waals surface area contributed by atoms with Crippen LogP contribution in [-0.2, 0) is 19.6 Å². The first-order valence-electron chi connectivity index (χ1n) is 8.58. The Hall–Kier alpha value is -3.25. The molecule has 0 fully saturated rings. The van der Waals surface area contributed by atoms with Crippen LogP contribution in [0.3, 0.4) is 0 Å². The summed E-state index contributed by atoms with van der Waals surface area (Å²) >= 11 is 0. The van der Waals surface area contributed by atoms with Crippen LogP contribution in [0.1, 0.15) is 16.7 Å². The van der Waals surface area contributed by atoms with Gasteiger partial charge in [-0.25, -0.2) is 9.67 Å². The summed E-state index contributed by atoms with van der Waals surface area (Å²) in [6.07, 6.45) is 9.45. The first-order chi connectivity index (χ1) is 12.9. The van der Waals surface area contributed by atoms with Crippen LogP contribution in [0.2, 0.25) is 0 Å². The van der Waals surface area contributed by atoms with Crippen LogP contribution < -0.4 is 5.32 Å². The molecule has 130 valence electrons. The molecule has 0 saturated carbocycles. The highest BCUT2D eigenvalue weighted by molar-refractivity contribution is 5.26. The van der Waals surface area contributed by atoms with E-state index in [4.69, 9.17) is 0 Å². The number of hydrogen-bond donors (Lipinski definition) is 1. The van der Waals surface area contributed by atoms with Crippen molar-refractivity contribution in [3.63, 3.8) is 0 Å². The lowest BCUT2D eigenvalue weighted by Crippen LogP contribution is -2.13. The van der Waals surface area contributed by atoms with Gasteiger partial charge in [0.25, 0.3) is 0 Å². The third-order valence-corrected chi connectivity index (χ3v) is 4.08. The van der Waals surface area contributed by atoms with Crippen LogP contribution >= 0.6 is 0 Å². The Kier molecular flexibility index (Phi) is 4.84. The van der Waals surface area contributed by atoms with Crippen molar-refractivity contribution >= 4 is 0 Å². The van der Waals surface area contributed by atoms with Gasteiger partial charge in [-0.05, 0) is 29.3 Å². The van der Waals surface area contributed by atoms with E-state index in [2.05, 4.69) is 38.8 Å². The third-order valence-electron chi connectivity index (χ3n) is 4.08. The van der Waals surface area contributed by atoms with E-state index in [1.165, 1.54) is 16.7 Å². The molecule has 0 saturated heterocycles. The van der Waals surface area contributed by atoms with Gasteiger partial charge in [-0.2, -0.15) is 10.2 Å². The van der Waals surface area contributed by atoms with Crippen LogP contribution in [-0.4, -0.2) is 24.5 Å². The lowest BCUT2D eigenvalue weighted by Gasteiger charge is -2.06. The second kappa shape index (κ2) is 7.76. The summed E-state index contributed by atoms with van der Waals surface area (Å²) in [5.41, 5.74) is 3.59. The van der Waals surface area contributed by atoms with E-state index in [0.717, 1.165) is 25.5 Å². The molecule has 26 heavy (non-hydrogen) atoms. The Morgan fingerprint density at radius 3 is 2.58 bits per heavy atom. The van der Waals surface area contributed by atoms with E-state index in [-0.39, 0.29) is 0 Å². The van der Waals surface area contributed by atoms with Gasteiger partial charge in [-0.15, -0.1) is 0 Å². The van der Waals surface area contributed by atoms with Crippen molar-refractivity contribution in [2.75, 3.05) is 0 Å². The van der Waals surface area contributed by atoms with E-state index < -0.39 is 0 Å². The summed E-state index contributed by atoms with van der Waals surface area (Å²) in [6, 6.07) is 16.3. The van der Waals surface area contributed by atoms with Crippen molar-refractivity contribution in [3.8, 4) is 5.82 Å². The van der Waals surface area contributed by atoms with Gasteiger partial charge < -0.3 is 5.32 Å². The fourth-order valence-electron chi connectivity index (χ4n) is 2.81. The van der Waals surface area contributed by atoms with Crippen LogP contribution in [0, 0.1) is 0 Å². The van der Waals surface area contributed by atoms with Gasteiger partial charge in [0, 0.05) is 43.4 Å². The quantitative estimate of drug-likeness (QED) is 0.560. The normalized spacial score (nSPS) is 10.9. The number of rotatable bonds is 7. The molecule has 4 rings (SSSR count). The zero-order chi connectivity index (χ0) is 17.6. The van der Waals surface area contributed by atoms with Crippen LogP contribution in [0.5, 0.6) is 0 Å². The summed E-state index contributed by atoms with van der Waals surface area (Å²) in [4.78, 5) is 4.35. The number of nitrogens with one attached hydrogen (secondary N) is 1. The molecule has 0 atom stereocenters. The third kappa shape index (κ3) is 4.04. The monoisotopic (exact) mass is 344 g/mol. The van der Waals surface area contributed by atoms with E-state index in [1.807, 2.05) is 59.7 Å². The molecule has 4 aromatic rings. The number of pyridine rings is 1. The fourth-order valence-corrected chi connectivity index (χ4v) is 2.81. The van der Waals surface area contributed by atoms with E-state index in [1.54, 1.807) is 10.9 Å². The lowest BCUT2D eigenvalue weighted by molar-refractivity contribution is 0.676. The fraction of sp³-hybridized carbons (Fsp3) is 0.150. The molecule has 0 amide bonds. The molecule has 0 radical (unpaired) electrons. The molecule has 6 nitrogen and oxygen atoms in total. The van der Waals surface area contributed by atoms with Crippen molar-refractivity contribution in [1.82, 2.24) is 29.9 Å². The Morgan fingerprint density at radius 2 is 1.73 bits per heavy atom. The second-order valence-corrected chi connectivity index (χ2v) is 6.11. The number of benzene rings is 1. The van der Waals surface area contributed by atoms with Crippen molar-refractivity contribution < 1.29 is 0 Å². The maximum atomic E-state index is 4.44. The SMILES string of the molecule is c1ccc(Cn2cc(CNCc3ccnc(-n4cccn4)c3)cn2)cc1. The zero-order valence-corrected chi connectivity index (χ0v) is 14.4. The summed E-state index contributed by atoms with van der Waals surface area (Å²) < 4.78 is 3.73. The Bertz CT molecular complexity index is 943. The molecule has 3 aromatic heterocycles. The Morgan fingerprint density at radius 1 is 0.846 bits per heavy atom. The molecular formula is C20H20N6. The molecule has 0 unspecified atom stereocenters. The predicted octanol–water partition coefficient (Wildman–Crippen LogP) is 2.80. The minimum Gasteiger partial charge on any atom is -0.308 e. The molecule has 0 bridgehead atoms. The van der Waals surface area contributed by atoms with Gasteiger partial charge in [0.2, 0.25) is 0 Å². The number of nitrogens with zero attached hydrogens (tertiary/aromatic N) is 5. The van der Waals surface area contributed by atoms with Gasteiger partial charge in [-0.3, -0.25) is 4.68 Å². The Labute approximate surface area is 152 Å². The molecule has 3 heterocycles. The first kappa shape index (κ1) is 16.2. The molecule has 0 aliphatic rings. The molecule has 0 aliphatic heterocycles. The van der Waals surface area contributed by atoms with Gasteiger partial charge in [0.15, 0.2) is 5.82 Å². The maximum Gasteiger partial charge on any atom is 0.153 e. The highest BCUT2D eigenvalue weighted by Gasteiger charge is 2.02.